The Labute approximate surface area is 154 Å². The lowest BCUT2D eigenvalue weighted by atomic mass is 9.89. The van der Waals surface area contributed by atoms with Crippen molar-refractivity contribution in [1.29, 1.82) is 0 Å². The number of aromatic amines is 1. The van der Waals surface area contributed by atoms with Crippen LogP contribution in [-0.4, -0.2) is 35.6 Å². The van der Waals surface area contributed by atoms with Gasteiger partial charge in [-0.15, -0.1) is 0 Å². The maximum atomic E-state index is 12.5. The van der Waals surface area contributed by atoms with Crippen LogP contribution in [0, 0.1) is 0 Å². The molecule has 2 amide bonds. The van der Waals surface area contributed by atoms with E-state index in [4.69, 9.17) is 0 Å². The summed E-state index contributed by atoms with van der Waals surface area (Å²) in [6, 6.07) is 11.5. The molecular formula is C19H18N4O2S. The lowest BCUT2D eigenvalue weighted by Crippen LogP contribution is -2.37. The van der Waals surface area contributed by atoms with Crippen LogP contribution in [0.4, 0.5) is 5.69 Å². The van der Waals surface area contributed by atoms with Gasteiger partial charge in [0.1, 0.15) is 5.69 Å². The highest BCUT2D eigenvalue weighted by atomic mass is 32.1. The maximum Gasteiger partial charge on any atom is 0.269 e. The predicted molar refractivity (Wildman–Crippen MR) is 101 cm³/mol. The van der Waals surface area contributed by atoms with E-state index in [-0.39, 0.29) is 17.7 Å². The van der Waals surface area contributed by atoms with E-state index in [1.54, 1.807) is 29.4 Å². The number of para-hydroxylation sites is 1. The number of benzene rings is 1. The van der Waals surface area contributed by atoms with E-state index in [1.807, 2.05) is 41.1 Å². The van der Waals surface area contributed by atoms with Gasteiger partial charge in [-0.05, 0) is 29.1 Å². The molecule has 0 saturated carbocycles. The highest BCUT2D eigenvalue weighted by molar-refractivity contribution is 7.08. The Hall–Kier alpha value is -2.93. The van der Waals surface area contributed by atoms with E-state index in [0.717, 1.165) is 22.5 Å². The van der Waals surface area contributed by atoms with Gasteiger partial charge < -0.3 is 10.2 Å². The van der Waals surface area contributed by atoms with Crippen molar-refractivity contribution in [2.75, 3.05) is 18.5 Å². The number of aromatic nitrogens is 2. The third-order valence-electron chi connectivity index (χ3n) is 4.68. The fourth-order valence-electron chi connectivity index (χ4n) is 3.22. The molecule has 1 aliphatic rings. The number of nitrogens with one attached hydrogen (secondary N) is 2. The van der Waals surface area contributed by atoms with E-state index >= 15 is 0 Å². The molecule has 0 spiro atoms. The van der Waals surface area contributed by atoms with Crippen molar-refractivity contribution in [1.82, 2.24) is 15.5 Å². The van der Waals surface area contributed by atoms with E-state index in [9.17, 15) is 9.59 Å². The highest BCUT2D eigenvalue weighted by Gasteiger charge is 2.29. The van der Waals surface area contributed by atoms with E-state index in [2.05, 4.69) is 15.5 Å². The normalized spacial score (nSPS) is 16.4. The third-order valence-corrected chi connectivity index (χ3v) is 5.36. The molecule has 3 heterocycles. The molecule has 0 saturated heterocycles. The summed E-state index contributed by atoms with van der Waals surface area (Å²) in [6.45, 7) is 0.405. The number of hydrogen-bond donors (Lipinski definition) is 2. The van der Waals surface area contributed by atoms with Crippen molar-refractivity contribution in [3.8, 4) is 11.3 Å². The monoisotopic (exact) mass is 366 g/mol. The molecule has 7 heteroatoms. The summed E-state index contributed by atoms with van der Waals surface area (Å²) < 4.78 is 0. The van der Waals surface area contributed by atoms with Gasteiger partial charge in [0.2, 0.25) is 5.91 Å². The average molecular weight is 366 g/mol. The number of anilines is 1. The molecule has 0 aliphatic carbocycles. The Morgan fingerprint density at radius 2 is 2.23 bits per heavy atom. The van der Waals surface area contributed by atoms with Crippen LogP contribution in [-0.2, 0) is 4.79 Å². The van der Waals surface area contributed by atoms with Crippen molar-refractivity contribution >= 4 is 28.8 Å². The number of amides is 2. The van der Waals surface area contributed by atoms with Gasteiger partial charge in [0, 0.05) is 42.6 Å². The molecule has 0 unspecified atom stereocenters. The molecule has 132 valence electrons. The summed E-state index contributed by atoms with van der Waals surface area (Å²) in [5.74, 6) is -0.190. The number of carbonyl (C=O) groups excluding carboxylic acids is 2. The van der Waals surface area contributed by atoms with Crippen molar-refractivity contribution in [3.63, 3.8) is 0 Å². The minimum Gasteiger partial charge on any atom is -0.350 e. The van der Waals surface area contributed by atoms with Crippen LogP contribution in [0.25, 0.3) is 11.3 Å². The van der Waals surface area contributed by atoms with Gasteiger partial charge in [0.15, 0.2) is 0 Å². The second kappa shape index (κ2) is 6.76. The summed E-state index contributed by atoms with van der Waals surface area (Å²) in [7, 11) is 1.78. The molecule has 0 bridgehead atoms. The fourth-order valence-corrected chi connectivity index (χ4v) is 3.87. The van der Waals surface area contributed by atoms with Crippen molar-refractivity contribution in [2.24, 2.45) is 0 Å². The Morgan fingerprint density at radius 3 is 3.04 bits per heavy atom. The lowest BCUT2D eigenvalue weighted by molar-refractivity contribution is -0.119. The Bertz CT molecular complexity index is 948. The largest absolute Gasteiger partial charge is 0.350 e. The number of hydrogen-bond acceptors (Lipinski definition) is 4. The summed E-state index contributed by atoms with van der Waals surface area (Å²) >= 11 is 1.58. The first-order valence-corrected chi connectivity index (χ1v) is 9.29. The van der Waals surface area contributed by atoms with Crippen LogP contribution in [0.2, 0.25) is 0 Å². The number of carbonyl (C=O) groups is 2. The van der Waals surface area contributed by atoms with Crippen molar-refractivity contribution < 1.29 is 9.59 Å². The second-order valence-corrected chi connectivity index (χ2v) is 7.08. The Balaban J connectivity index is 1.47. The van der Waals surface area contributed by atoms with Gasteiger partial charge in [0.25, 0.3) is 5.91 Å². The van der Waals surface area contributed by atoms with Crippen LogP contribution in [0.5, 0.6) is 0 Å². The maximum absolute atomic E-state index is 12.5. The molecule has 1 atom stereocenters. The van der Waals surface area contributed by atoms with Gasteiger partial charge in [-0.3, -0.25) is 14.7 Å². The van der Waals surface area contributed by atoms with Crippen molar-refractivity contribution in [3.05, 3.63) is 58.4 Å². The molecule has 3 aromatic rings. The smallest absolute Gasteiger partial charge is 0.269 e. The predicted octanol–water partition coefficient (Wildman–Crippen LogP) is 3.02. The second-order valence-electron chi connectivity index (χ2n) is 6.30. The quantitative estimate of drug-likeness (QED) is 0.745. The number of rotatable bonds is 4. The van der Waals surface area contributed by atoms with Crippen LogP contribution < -0.4 is 10.2 Å². The molecule has 4 rings (SSSR count). The zero-order chi connectivity index (χ0) is 18.1. The number of nitrogens with zero attached hydrogens (tertiary/aromatic N) is 2. The van der Waals surface area contributed by atoms with E-state index < -0.39 is 0 Å². The van der Waals surface area contributed by atoms with E-state index in [0.29, 0.717) is 18.7 Å². The minimum absolute atomic E-state index is 0.0295. The molecule has 0 fully saturated rings. The zero-order valence-electron chi connectivity index (χ0n) is 14.2. The number of fused-ring (bicyclic) bond motifs is 1. The third kappa shape index (κ3) is 3.01. The van der Waals surface area contributed by atoms with Gasteiger partial charge in [-0.2, -0.15) is 16.4 Å². The average Bonchev–Trinajstić information content (AvgIpc) is 3.34. The summed E-state index contributed by atoms with van der Waals surface area (Å²) in [5, 5.41) is 13.9. The highest BCUT2D eigenvalue weighted by Crippen LogP contribution is 2.34. The Morgan fingerprint density at radius 1 is 1.38 bits per heavy atom. The molecule has 1 aliphatic heterocycles. The molecule has 6 nitrogen and oxygen atoms in total. The van der Waals surface area contributed by atoms with Gasteiger partial charge in [-0.1, -0.05) is 18.2 Å². The number of H-pyrrole nitrogens is 1. The fraction of sp³-hybridized carbons (Fsp3) is 0.211. The van der Waals surface area contributed by atoms with Crippen LogP contribution >= 0.6 is 11.3 Å². The first-order valence-electron chi connectivity index (χ1n) is 8.35. The van der Waals surface area contributed by atoms with E-state index in [1.165, 1.54) is 0 Å². The number of thiophene rings is 1. The topological polar surface area (TPSA) is 78.1 Å². The SMILES string of the molecule is CN1C(=O)C[C@H](CNC(=O)c2cc(-c3ccsc3)n[nH]2)c2ccccc21. The standard InChI is InChI=1S/C19H18N4O2S/c1-23-17-5-3-2-4-14(17)13(8-18(23)24)10-20-19(25)16-9-15(21-22-16)12-6-7-26-11-12/h2-7,9,11,13H,8,10H2,1H3,(H,20,25)(H,21,22)/t13-/m1/s1. The first kappa shape index (κ1) is 16.5. The minimum atomic E-state index is -0.220. The molecule has 1 aromatic carbocycles. The molecule has 26 heavy (non-hydrogen) atoms. The molecule has 2 aromatic heterocycles. The van der Waals surface area contributed by atoms with Gasteiger partial charge in [0.05, 0.1) is 5.69 Å². The van der Waals surface area contributed by atoms with Crippen LogP contribution in [0.1, 0.15) is 28.4 Å². The summed E-state index contributed by atoms with van der Waals surface area (Å²) in [4.78, 5) is 26.3. The molecule has 2 N–H and O–H groups in total. The summed E-state index contributed by atoms with van der Waals surface area (Å²) in [6.07, 6.45) is 0.386. The van der Waals surface area contributed by atoms with Gasteiger partial charge in [-0.25, -0.2) is 0 Å². The molecular weight excluding hydrogens is 348 g/mol. The van der Waals surface area contributed by atoms with Crippen LogP contribution in [0.3, 0.4) is 0 Å². The summed E-state index contributed by atoms with van der Waals surface area (Å²) in [5.41, 5.74) is 4.14. The Kier molecular flexibility index (Phi) is 4.30. The van der Waals surface area contributed by atoms with Crippen molar-refractivity contribution in [2.45, 2.75) is 12.3 Å². The zero-order valence-corrected chi connectivity index (χ0v) is 15.0. The molecule has 0 radical (unpaired) electrons. The van der Waals surface area contributed by atoms with Gasteiger partial charge >= 0.3 is 0 Å². The van der Waals surface area contributed by atoms with Crippen LogP contribution in [0.15, 0.2) is 47.2 Å². The lowest BCUT2D eigenvalue weighted by Gasteiger charge is -2.31. The first-order chi connectivity index (χ1) is 12.6.